The zero-order valence-corrected chi connectivity index (χ0v) is 15.1. The van der Waals surface area contributed by atoms with E-state index >= 15 is 0 Å². The van der Waals surface area contributed by atoms with Crippen molar-refractivity contribution >= 4 is 0 Å². The molecule has 2 aromatic heterocycles. The second kappa shape index (κ2) is 8.87. The first kappa shape index (κ1) is 24.3. The Balaban J connectivity index is 0.000000191. The first-order chi connectivity index (χ1) is 15.9. The number of hydrogen-bond donors (Lipinski definition) is 0. The van der Waals surface area contributed by atoms with Gasteiger partial charge in [-0.3, -0.25) is 9.05 Å². The van der Waals surface area contributed by atoms with Crippen molar-refractivity contribution in [3.63, 3.8) is 0 Å². The van der Waals surface area contributed by atoms with Gasteiger partial charge in [0, 0.05) is 0 Å². The second-order valence-electron chi connectivity index (χ2n) is 5.57. The van der Waals surface area contributed by atoms with E-state index in [1.165, 1.54) is 0 Å². The van der Waals surface area contributed by atoms with Crippen LogP contribution in [0.15, 0.2) is 27.5 Å². The highest BCUT2D eigenvalue weighted by Crippen LogP contribution is 2.30. The highest BCUT2D eigenvalue weighted by Gasteiger charge is 2.31. The average molecular weight is 506 g/mol. The summed E-state index contributed by atoms with van der Waals surface area (Å²) >= 11 is 0. The smallest absolute Gasteiger partial charge is 0.370 e. The average Bonchev–Trinajstić information content (AvgIpc) is 3.42. The van der Waals surface area contributed by atoms with Gasteiger partial charge in [-0.25, -0.2) is 53.5 Å². The fourth-order valence-corrected chi connectivity index (χ4v) is 2.17. The lowest BCUT2D eigenvalue weighted by molar-refractivity contribution is 0.335. The van der Waals surface area contributed by atoms with Gasteiger partial charge in [-0.1, -0.05) is 0 Å². The molecule has 0 fully saturated rings. The van der Waals surface area contributed by atoms with Crippen LogP contribution in [0.4, 0.5) is 43.9 Å². The van der Waals surface area contributed by atoms with Crippen LogP contribution >= 0.6 is 0 Å². The summed E-state index contributed by atoms with van der Waals surface area (Å²) in [5.74, 6) is -27.2. The molecule has 180 valence electrons. The molecule has 0 radical (unpaired) electrons. The van der Waals surface area contributed by atoms with Gasteiger partial charge in [-0.15, -0.1) is 0 Å². The van der Waals surface area contributed by atoms with Crippen molar-refractivity contribution in [1.29, 1.82) is 0 Å². The lowest BCUT2D eigenvalue weighted by Crippen LogP contribution is -2.04. The summed E-state index contributed by atoms with van der Waals surface area (Å²) in [5.41, 5.74) is -2.93. The minimum absolute atomic E-state index is 1.14. The zero-order chi connectivity index (χ0) is 25.5. The number of halogens is 10. The zero-order valence-electron chi connectivity index (χ0n) is 15.1. The van der Waals surface area contributed by atoms with E-state index < -0.39 is 92.7 Å². The predicted octanol–water partition coefficient (Wildman–Crippen LogP) is 3.98. The summed E-state index contributed by atoms with van der Waals surface area (Å²) in [6.07, 6.45) is 0. The lowest BCUT2D eigenvalue weighted by atomic mass is 10.1. The molecule has 0 N–H and O–H groups in total. The van der Waals surface area contributed by atoms with Crippen molar-refractivity contribution in [3.8, 4) is 22.9 Å². The van der Waals surface area contributed by atoms with Gasteiger partial charge >= 0.3 is 11.6 Å². The standard InChI is InChI=1S/2C8F5NO3/c2*9-2-1(7-14-17-8(15)16-7)3(10)5(12)6(13)4(2)11. The van der Waals surface area contributed by atoms with Crippen LogP contribution < -0.4 is 11.6 Å². The minimum atomic E-state index is -2.32. The van der Waals surface area contributed by atoms with Crippen molar-refractivity contribution in [2.24, 2.45) is 0 Å². The van der Waals surface area contributed by atoms with E-state index in [1.54, 1.807) is 0 Å². The van der Waals surface area contributed by atoms with Crippen LogP contribution in [-0.4, -0.2) is 10.3 Å². The molecular weight excluding hydrogens is 506 g/mol. The molecule has 4 rings (SSSR count). The molecule has 0 amide bonds. The molecule has 18 heteroatoms. The van der Waals surface area contributed by atoms with E-state index in [0.29, 0.717) is 0 Å². The molecule has 0 aliphatic heterocycles. The van der Waals surface area contributed by atoms with Crippen LogP contribution in [-0.2, 0) is 0 Å². The summed E-state index contributed by atoms with van der Waals surface area (Å²) in [4.78, 5) is 20.8. The lowest BCUT2D eigenvalue weighted by Gasteiger charge is -2.03. The van der Waals surface area contributed by atoms with Crippen molar-refractivity contribution < 1.29 is 61.8 Å². The van der Waals surface area contributed by atoms with Gasteiger partial charge in [0.25, 0.3) is 11.8 Å². The van der Waals surface area contributed by atoms with E-state index in [0.717, 1.165) is 0 Å². The van der Waals surface area contributed by atoms with Gasteiger partial charge < -0.3 is 8.83 Å². The van der Waals surface area contributed by atoms with Gasteiger partial charge in [-0.2, -0.15) is 0 Å². The minimum Gasteiger partial charge on any atom is -0.370 e. The summed E-state index contributed by atoms with van der Waals surface area (Å²) in [7, 11) is 0. The third-order valence-electron chi connectivity index (χ3n) is 3.61. The number of nitrogens with zero attached hydrogens (tertiary/aromatic N) is 2. The number of rotatable bonds is 2. The van der Waals surface area contributed by atoms with E-state index in [9.17, 15) is 53.5 Å². The van der Waals surface area contributed by atoms with E-state index in [1.807, 2.05) is 0 Å². The molecular formula is C16F10N2O6. The van der Waals surface area contributed by atoms with Gasteiger partial charge in [0.05, 0.1) is 0 Å². The SMILES string of the molecule is O=c1onc(-c2c(F)c(F)c(F)c(F)c2F)o1.O=c1onc(-c2c(F)c(F)c(F)c(F)c2F)o1. The maximum Gasteiger partial charge on any atom is 0.542 e. The molecule has 2 heterocycles. The van der Waals surface area contributed by atoms with Gasteiger partial charge in [-0.05, 0) is 10.3 Å². The van der Waals surface area contributed by atoms with Crippen molar-refractivity contribution in [3.05, 3.63) is 79.4 Å². The maximum absolute atomic E-state index is 13.1. The second-order valence-corrected chi connectivity index (χ2v) is 5.57. The Kier molecular flexibility index (Phi) is 6.33. The summed E-state index contributed by atoms with van der Waals surface area (Å²) < 4.78 is 144. The molecule has 4 aromatic rings. The summed E-state index contributed by atoms with van der Waals surface area (Å²) in [6.45, 7) is 0. The molecule has 0 aliphatic rings. The van der Waals surface area contributed by atoms with Gasteiger partial charge in [0.15, 0.2) is 46.5 Å². The van der Waals surface area contributed by atoms with E-state index in [2.05, 4.69) is 28.2 Å². The quantitative estimate of drug-likeness (QED) is 0.228. The third kappa shape index (κ3) is 4.04. The Morgan fingerprint density at radius 3 is 0.853 bits per heavy atom. The fraction of sp³-hybridized carbons (Fsp3) is 0. The Bertz CT molecular complexity index is 1350. The normalized spacial score (nSPS) is 10.9. The number of aromatic nitrogens is 2. The van der Waals surface area contributed by atoms with Crippen LogP contribution in [0.2, 0.25) is 0 Å². The van der Waals surface area contributed by atoms with Gasteiger partial charge in [0.1, 0.15) is 11.1 Å². The monoisotopic (exact) mass is 506 g/mol. The summed E-state index contributed by atoms with van der Waals surface area (Å²) in [6, 6.07) is 0. The molecule has 2 aromatic carbocycles. The first-order valence-corrected chi connectivity index (χ1v) is 7.84. The maximum atomic E-state index is 13.1. The van der Waals surface area contributed by atoms with E-state index in [4.69, 9.17) is 0 Å². The molecule has 0 spiro atoms. The largest absolute Gasteiger partial charge is 0.542 e. The molecule has 0 saturated carbocycles. The molecule has 0 atom stereocenters. The third-order valence-corrected chi connectivity index (χ3v) is 3.61. The molecule has 0 unspecified atom stereocenters. The van der Waals surface area contributed by atoms with Crippen molar-refractivity contribution in [2.75, 3.05) is 0 Å². The first-order valence-electron chi connectivity index (χ1n) is 7.84. The van der Waals surface area contributed by atoms with Crippen LogP contribution in [0.5, 0.6) is 0 Å². The Morgan fingerprint density at radius 1 is 0.412 bits per heavy atom. The topological polar surface area (TPSA) is 112 Å². The Labute approximate surface area is 175 Å². The van der Waals surface area contributed by atoms with E-state index in [-0.39, 0.29) is 0 Å². The molecule has 0 saturated heterocycles. The van der Waals surface area contributed by atoms with Crippen LogP contribution in [0.1, 0.15) is 0 Å². The van der Waals surface area contributed by atoms with Crippen molar-refractivity contribution in [1.82, 2.24) is 10.3 Å². The summed E-state index contributed by atoms with van der Waals surface area (Å²) in [5, 5.41) is 5.46. The van der Waals surface area contributed by atoms with Crippen LogP contribution in [0.3, 0.4) is 0 Å². The highest BCUT2D eigenvalue weighted by atomic mass is 19.2. The van der Waals surface area contributed by atoms with Crippen LogP contribution in [0.25, 0.3) is 22.9 Å². The number of benzene rings is 2. The Hall–Kier alpha value is -4.38. The fourth-order valence-electron chi connectivity index (χ4n) is 2.17. The van der Waals surface area contributed by atoms with Crippen molar-refractivity contribution in [2.45, 2.75) is 0 Å². The van der Waals surface area contributed by atoms with Gasteiger partial charge in [0.2, 0.25) is 11.6 Å². The predicted molar refractivity (Wildman–Crippen MR) is 80.5 cm³/mol. The number of hydrogen-bond acceptors (Lipinski definition) is 8. The molecule has 0 aliphatic carbocycles. The van der Waals surface area contributed by atoms with Crippen LogP contribution in [0, 0.1) is 58.2 Å². The Morgan fingerprint density at radius 2 is 0.647 bits per heavy atom. The molecule has 8 nitrogen and oxygen atoms in total. The molecule has 0 bridgehead atoms. The highest BCUT2D eigenvalue weighted by molar-refractivity contribution is 5.55. The molecule has 34 heavy (non-hydrogen) atoms.